The Kier molecular flexibility index (Phi) is 23.2. The van der Waals surface area contributed by atoms with Gasteiger partial charge in [-0.2, -0.15) is 0 Å². The van der Waals surface area contributed by atoms with Crippen molar-refractivity contribution in [2.24, 2.45) is 17.8 Å². The molecule has 2 aliphatic rings. The predicted octanol–water partition coefficient (Wildman–Crippen LogP) is 1.58. The minimum Gasteiger partial charge on any atom is -0.508 e. The number of carbonyl (C=O) groups excluding carboxylic acids is 9. The van der Waals surface area contributed by atoms with Crippen LogP contribution in [0, 0.1) is 17.8 Å². The van der Waals surface area contributed by atoms with E-state index in [2.05, 4.69) is 31.9 Å². The van der Waals surface area contributed by atoms with E-state index in [1.807, 2.05) is 13.8 Å². The third-order valence-electron chi connectivity index (χ3n) is 13.7. The molecular weight excluding hydrogens is 985 g/mol. The summed E-state index contributed by atoms with van der Waals surface area (Å²) >= 11 is 0. The summed E-state index contributed by atoms with van der Waals surface area (Å²) < 4.78 is 5.93. The minimum absolute atomic E-state index is 0.0508. The molecule has 2 fully saturated rings. The zero-order valence-electron chi connectivity index (χ0n) is 45.0. The third-order valence-corrected chi connectivity index (χ3v) is 13.7. The molecule has 2 aromatic rings. The van der Waals surface area contributed by atoms with E-state index in [9.17, 15) is 63.3 Å². The van der Waals surface area contributed by atoms with E-state index in [0.29, 0.717) is 24.0 Å². The second-order valence-electron chi connectivity index (χ2n) is 20.6. The number of ether oxygens (including phenoxy) is 1. The SMILES string of the molecule is CCCC(=O)NC(CC(C)C)C(=O)NC(CCC(=O)NC1C(=O)NC(Cc2ccc(O)cc2)C(=O)NC2CCC(O)N(C2=O)C(C(C)C)C(=O)N(C)C(Cc2ccccc2)C(=O)NC(C(C)CC)C(=O)OC1C)C(=O)O. The molecule has 22 nitrogen and oxygen atoms in total. The number of cyclic esters (lactones) is 1. The monoisotopic (exact) mass is 1060 g/mol. The van der Waals surface area contributed by atoms with Crippen LogP contribution in [0.5, 0.6) is 5.75 Å². The number of hydrogen-bond donors (Lipinski definition) is 9. The van der Waals surface area contributed by atoms with Gasteiger partial charge in [-0.3, -0.25) is 38.4 Å². The Balaban J connectivity index is 1.80. The average Bonchev–Trinajstić information content (AvgIpc) is 3.36. The fourth-order valence-electron chi connectivity index (χ4n) is 9.19. The van der Waals surface area contributed by atoms with E-state index in [-0.39, 0.29) is 50.2 Å². The number of nitrogens with one attached hydrogen (secondary N) is 6. The molecule has 0 radical (unpaired) electrons. The van der Waals surface area contributed by atoms with Gasteiger partial charge in [-0.25, -0.2) is 9.59 Å². The quantitative estimate of drug-likeness (QED) is 0.0903. The lowest BCUT2D eigenvalue weighted by Gasteiger charge is -2.44. The van der Waals surface area contributed by atoms with Gasteiger partial charge in [-0.1, -0.05) is 97.4 Å². The van der Waals surface area contributed by atoms with Crippen LogP contribution >= 0.6 is 0 Å². The standard InChI is InChI=1S/C54H78N8O14/c1-10-15-41(64)55-38(26-29(3)4)47(67)57-37(53(73)74)22-24-42(65)59-45-32(8)76-54(75)44(31(7)11-2)60-49(69)40(28-33-16-13-12-14-17-33)61(9)52(72)46(30(5)6)62-43(66)25-23-36(51(62)71)56-48(68)39(58-50(45)70)27-34-18-20-35(63)21-19-34/h12-14,16-21,29-32,36-40,43-46,63,66H,10-11,15,22-28H2,1-9H3,(H,55,64)(H,56,68)(H,57,67)(H,58,70)(H,59,65)(H,60,69)(H,73,74). The average molecular weight is 1060 g/mol. The molecule has 2 aliphatic heterocycles. The fraction of sp³-hybridized carbons (Fsp3) is 0.593. The number of carboxylic acids is 1. The number of hydrogen-bond acceptors (Lipinski definition) is 13. The van der Waals surface area contributed by atoms with Crippen molar-refractivity contribution in [3.8, 4) is 5.75 Å². The van der Waals surface area contributed by atoms with Crippen LogP contribution in [-0.4, -0.2) is 152 Å². The Morgan fingerprint density at radius 2 is 1.41 bits per heavy atom. The van der Waals surface area contributed by atoms with Crippen molar-refractivity contribution in [2.45, 2.75) is 180 Å². The van der Waals surface area contributed by atoms with Gasteiger partial charge in [0.1, 0.15) is 66.4 Å². The number of phenols is 1. The number of benzene rings is 2. The summed E-state index contributed by atoms with van der Waals surface area (Å²) in [6.45, 7) is 13.5. The smallest absolute Gasteiger partial charge is 0.329 e. The molecule has 2 heterocycles. The number of esters is 1. The maximum Gasteiger partial charge on any atom is 0.329 e. The topological polar surface area (TPSA) is 319 Å². The number of fused-ring (bicyclic) bond motifs is 2. The van der Waals surface area contributed by atoms with Gasteiger partial charge in [0.15, 0.2) is 0 Å². The van der Waals surface area contributed by atoms with Crippen molar-refractivity contribution < 1.29 is 68.0 Å². The Hall–Kier alpha value is -7.10. The molecule has 418 valence electrons. The van der Waals surface area contributed by atoms with E-state index < -0.39 is 145 Å². The first-order chi connectivity index (χ1) is 35.9. The number of aliphatic carboxylic acids is 1. The zero-order valence-corrected chi connectivity index (χ0v) is 45.0. The number of aliphatic hydroxyl groups is 1. The van der Waals surface area contributed by atoms with Gasteiger partial charge in [0.25, 0.3) is 0 Å². The number of amides is 8. The van der Waals surface area contributed by atoms with Crippen molar-refractivity contribution in [3.05, 3.63) is 65.7 Å². The highest BCUT2D eigenvalue weighted by Crippen LogP contribution is 2.27. The van der Waals surface area contributed by atoms with Gasteiger partial charge in [0, 0.05) is 32.7 Å². The number of piperidine rings is 1. The molecule has 0 saturated carbocycles. The molecule has 8 amide bonds. The molecule has 4 rings (SSSR count). The van der Waals surface area contributed by atoms with Crippen molar-refractivity contribution in [2.75, 3.05) is 7.05 Å². The summed E-state index contributed by atoms with van der Waals surface area (Å²) in [4.78, 5) is 142. The van der Waals surface area contributed by atoms with Crippen LogP contribution in [-0.2, 0) is 65.5 Å². The summed E-state index contributed by atoms with van der Waals surface area (Å²) in [5, 5.41) is 47.3. The molecule has 2 bridgehead atoms. The van der Waals surface area contributed by atoms with Crippen LogP contribution in [0.2, 0.25) is 0 Å². The summed E-state index contributed by atoms with van der Waals surface area (Å²) in [5.41, 5.74) is 1.07. The normalized spacial score (nSPS) is 24.4. The van der Waals surface area contributed by atoms with Crippen LogP contribution in [0.15, 0.2) is 54.6 Å². The Morgan fingerprint density at radius 1 is 0.763 bits per heavy atom. The molecular formula is C54H78N8O14. The molecule has 0 aliphatic carbocycles. The molecule has 11 unspecified atom stereocenters. The molecule has 0 spiro atoms. The van der Waals surface area contributed by atoms with E-state index >= 15 is 0 Å². The summed E-state index contributed by atoms with van der Waals surface area (Å²) in [7, 11) is 1.38. The van der Waals surface area contributed by atoms with Crippen molar-refractivity contribution >= 4 is 59.2 Å². The maximum absolute atomic E-state index is 14.8. The zero-order chi connectivity index (χ0) is 56.6. The van der Waals surface area contributed by atoms with Crippen LogP contribution in [0.3, 0.4) is 0 Å². The van der Waals surface area contributed by atoms with Gasteiger partial charge in [-0.05, 0) is 80.0 Å². The van der Waals surface area contributed by atoms with E-state index in [1.165, 1.54) is 43.1 Å². The lowest BCUT2D eigenvalue weighted by atomic mass is 9.93. The predicted molar refractivity (Wildman–Crippen MR) is 277 cm³/mol. The highest BCUT2D eigenvalue weighted by atomic mass is 16.5. The molecule has 2 aromatic carbocycles. The molecule has 11 atom stereocenters. The minimum atomic E-state index is -1.81. The number of phenolic OH excluding ortho intramolecular Hbond substituents is 1. The lowest BCUT2D eigenvalue weighted by molar-refractivity contribution is -0.167. The number of likely N-dealkylation sites (N-methyl/N-ethyl adjacent to an activating group) is 1. The first kappa shape index (κ1) is 61.4. The maximum atomic E-state index is 14.8. The Bertz CT molecular complexity index is 2370. The first-order valence-electron chi connectivity index (χ1n) is 26.2. The second-order valence-corrected chi connectivity index (χ2v) is 20.6. The van der Waals surface area contributed by atoms with E-state index in [0.717, 1.165) is 4.90 Å². The van der Waals surface area contributed by atoms with E-state index in [4.69, 9.17) is 4.74 Å². The fourth-order valence-corrected chi connectivity index (χ4v) is 9.19. The number of rotatable bonds is 19. The third kappa shape index (κ3) is 17.2. The van der Waals surface area contributed by atoms with E-state index in [1.54, 1.807) is 65.0 Å². The number of aliphatic hydroxyl groups excluding tert-OH is 1. The van der Waals surface area contributed by atoms with Crippen LogP contribution in [0.25, 0.3) is 0 Å². The second kappa shape index (κ2) is 28.7. The van der Waals surface area contributed by atoms with Crippen LogP contribution < -0.4 is 31.9 Å². The molecule has 22 heteroatoms. The molecule has 2 saturated heterocycles. The van der Waals surface area contributed by atoms with Crippen molar-refractivity contribution in [3.63, 3.8) is 0 Å². The van der Waals surface area contributed by atoms with Gasteiger partial charge in [-0.15, -0.1) is 0 Å². The van der Waals surface area contributed by atoms with Gasteiger partial charge in [0.05, 0.1) is 0 Å². The molecule has 0 aromatic heterocycles. The number of nitrogens with zero attached hydrogens (tertiary/aromatic N) is 2. The Labute approximate surface area is 444 Å². The lowest BCUT2D eigenvalue weighted by Crippen LogP contribution is -2.66. The summed E-state index contributed by atoms with van der Waals surface area (Å²) in [6, 6.07) is 3.00. The van der Waals surface area contributed by atoms with Crippen molar-refractivity contribution in [1.82, 2.24) is 41.7 Å². The van der Waals surface area contributed by atoms with Crippen LogP contribution in [0.4, 0.5) is 0 Å². The highest BCUT2D eigenvalue weighted by Gasteiger charge is 2.47. The number of aromatic hydroxyl groups is 1. The number of carbonyl (C=O) groups is 10. The Morgan fingerprint density at radius 3 is 2.00 bits per heavy atom. The summed E-state index contributed by atoms with van der Waals surface area (Å²) in [6.07, 6.45) is -3.47. The summed E-state index contributed by atoms with van der Waals surface area (Å²) in [5.74, 6) is -10.3. The first-order valence-corrected chi connectivity index (χ1v) is 26.2. The molecule has 9 N–H and O–H groups in total. The van der Waals surface area contributed by atoms with Gasteiger partial charge in [0.2, 0.25) is 47.3 Å². The number of carboxylic acid groups (broad SMARTS) is 1. The van der Waals surface area contributed by atoms with Gasteiger partial charge < -0.3 is 61.8 Å². The van der Waals surface area contributed by atoms with Crippen molar-refractivity contribution in [1.29, 1.82) is 0 Å². The highest BCUT2D eigenvalue weighted by molar-refractivity contribution is 5.98. The van der Waals surface area contributed by atoms with Gasteiger partial charge >= 0.3 is 11.9 Å². The molecule has 76 heavy (non-hydrogen) atoms. The largest absolute Gasteiger partial charge is 0.508 e. The van der Waals surface area contributed by atoms with Crippen LogP contribution in [0.1, 0.15) is 118 Å².